The summed E-state index contributed by atoms with van der Waals surface area (Å²) in [6, 6.07) is 28.3. The molecule has 6 nitrogen and oxygen atoms in total. The van der Waals surface area contributed by atoms with Crippen LogP contribution in [-0.2, 0) is 29.1 Å². The zero-order valence-electron chi connectivity index (χ0n) is 16.5. The molecule has 3 aromatic rings. The van der Waals surface area contributed by atoms with E-state index in [4.69, 9.17) is 9.47 Å². The van der Waals surface area contributed by atoms with Crippen molar-refractivity contribution in [3.8, 4) is 0 Å². The van der Waals surface area contributed by atoms with Gasteiger partial charge in [0.05, 0.1) is 0 Å². The number of nitrogens with one attached hydrogen (secondary N) is 2. The Labute approximate surface area is 175 Å². The van der Waals surface area contributed by atoms with E-state index >= 15 is 0 Å². The van der Waals surface area contributed by atoms with Crippen LogP contribution in [0.25, 0.3) is 0 Å². The molecule has 30 heavy (non-hydrogen) atoms. The van der Waals surface area contributed by atoms with Gasteiger partial charge in [-0.05, 0) is 16.7 Å². The maximum Gasteiger partial charge on any atom is 0.409 e. The molecule has 0 saturated carbocycles. The van der Waals surface area contributed by atoms with E-state index in [-0.39, 0.29) is 13.2 Å². The van der Waals surface area contributed by atoms with E-state index in [1.165, 1.54) is 0 Å². The Balaban J connectivity index is 1.55. The van der Waals surface area contributed by atoms with Gasteiger partial charge in [-0.25, -0.2) is 9.59 Å². The molecule has 0 spiro atoms. The first kappa shape index (κ1) is 20.9. The second-order valence-electron chi connectivity index (χ2n) is 6.65. The third-order valence-corrected chi connectivity index (χ3v) is 4.29. The van der Waals surface area contributed by atoms with Crippen LogP contribution in [0.15, 0.2) is 91.0 Å². The second-order valence-corrected chi connectivity index (χ2v) is 6.65. The molecule has 6 heteroatoms. The van der Waals surface area contributed by atoms with Crippen molar-refractivity contribution in [2.75, 3.05) is 0 Å². The molecule has 154 valence electrons. The van der Waals surface area contributed by atoms with Crippen LogP contribution in [0.4, 0.5) is 9.59 Å². The van der Waals surface area contributed by atoms with Crippen LogP contribution in [0.1, 0.15) is 16.7 Å². The Bertz CT molecular complexity index is 860. The van der Waals surface area contributed by atoms with Gasteiger partial charge in [-0.1, -0.05) is 91.0 Å². The molecule has 0 saturated heterocycles. The SMILES string of the molecule is O=C(NC(Cc1ccccc1)NC(=O)OCc1ccccc1)OCc1ccccc1. The number of benzene rings is 3. The van der Waals surface area contributed by atoms with Crippen molar-refractivity contribution in [1.82, 2.24) is 10.6 Å². The van der Waals surface area contributed by atoms with Crippen molar-refractivity contribution in [3.05, 3.63) is 108 Å². The van der Waals surface area contributed by atoms with Crippen molar-refractivity contribution < 1.29 is 19.1 Å². The fourth-order valence-corrected chi connectivity index (χ4v) is 2.80. The van der Waals surface area contributed by atoms with E-state index in [1.807, 2.05) is 91.0 Å². The lowest BCUT2D eigenvalue weighted by atomic mass is 10.1. The standard InChI is InChI=1S/C24H24N2O4/c27-23(29-17-20-12-6-2-7-13-20)25-22(16-19-10-4-1-5-11-19)26-24(28)30-18-21-14-8-3-9-15-21/h1-15,22H,16-18H2,(H,25,27)(H,26,28). The van der Waals surface area contributed by atoms with E-state index < -0.39 is 18.4 Å². The van der Waals surface area contributed by atoms with Gasteiger partial charge in [-0.2, -0.15) is 0 Å². The highest BCUT2D eigenvalue weighted by Gasteiger charge is 2.17. The van der Waals surface area contributed by atoms with E-state index in [2.05, 4.69) is 10.6 Å². The smallest absolute Gasteiger partial charge is 0.409 e. The van der Waals surface area contributed by atoms with Gasteiger partial charge >= 0.3 is 12.2 Å². The lowest BCUT2D eigenvalue weighted by Gasteiger charge is -2.20. The summed E-state index contributed by atoms with van der Waals surface area (Å²) in [5.41, 5.74) is 2.71. The number of rotatable bonds is 8. The number of alkyl carbamates (subject to hydrolysis) is 2. The maximum absolute atomic E-state index is 12.3. The van der Waals surface area contributed by atoms with Crippen molar-refractivity contribution in [2.45, 2.75) is 25.8 Å². The molecule has 0 unspecified atom stereocenters. The predicted molar refractivity (Wildman–Crippen MR) is 113 cm³/mol. The van der Waals surface area contributed by atoms with Gasteiger partial charge in [-0.3, -0.25) is 0 Å². The molecule has 0 bridgehead atoms. The first-order valence-corrected chi connectivity index (χ1v) is 9.67. The predicted octanol–water partition coefficient (Wildman–Crippen LogP) is 4.41. The molecule has 0 aromatic heterocycles. The van der Waals surface area contributed by atoms with Crippen molar-refractivity contribution in [2.24, 2.45) is 0 Å². The van der Waals surface area contributed by atoms with Gasteiger partial charge in [-0.15, -0.1) is 0 Å². The molecule has 0 fully saturated rings. The maximum atomic E-state index is 12.3. The first-order chi connectivity index (χ1) is 14.7. The van der Waals surface area contributed by atoms with E-state index in [9.17, 15) is 9.59 Å². The lowest BCUT2D eigenvalue weighted by molar-refractivity contribution is 0.122. The number of hydrogen-bond donors (Lipinski definition) is 2. The van der Waals surface area contributed by atoms with E-state index in [0.717, 1.165) is 16.7 Å². The summed E-state index contributed by atoms with van der Waals surface area (Å²) in [7, 11) is 0. The number of carbonyl (C=O) groups excluding carboxylic acids is 2. The molecular weight excluding hydrogens is 380 g/mol. The monoisotopic (exact) mass is 404 g/mol. The number of ether oxygens (including phenoxy) is 2. The molecule has 0 aliphatic rings. The summed E-state index contributed by atoms with van der Waals surface area (Å²) in [5.74, 6) is 0. The molecular formula is C24H24N2O4. The van der Waals surface area contributed by atoms with Crippen LogP contribution in [-0.4, -0.2) is 18.4 Å². The van der Waals surface area contributed by atoms with Crippen LogP contribution in [0.5, 0.6) is 0 Å². The van der Waals surface area contributed by atoms with E-state index in [1.54, 1.807) is 0 Å². The third kappa shape index (κ3) is 7.31. The normalized spacial score (nSPS) is 10.3. The van der Waals surface area contributed by atoms with Crippen molar-refractivity contribution in [1.29, 1.82) is 0 Å². The van der Waals surface area contributed by atoms with Gasteiger partial charge in [0.2, 0.25) is 0 Å². The molecule has 0 radical (unpaired) electrons. The first-order valence-electron chi connectivity index (χ1n) is 9.67. The fraction of sp³-hybridized carbons (Fsp3) is 0.167. The average Bonchev–Trinajstić information content (AvgIpc) is 2.78. The van der Waals surface area contributed by atoms with Crippen molar-refractivity contribution in [3.63, 3.8) is 0 Å². The Morgan fingerprint density at radius 1 is 0.600 bits per heavy atom. The topological polar surface area (TPSA) is 76.7 Å². The quantitative estimate of drug-likeness (QED) is 0.546. The Morgan fingerprint density at radius 2 is 0.967 bits per heavy atom. The largest absolute Gasteiger partial charge is 0.445 e. The Hall–Kier alpha value is -3.80. The number of amides is 2. The van der Waals surface area contributed by atoms with Gasteiger partial charge in [0, 0.05) is 6.42 Å². The lowest BCUT2D eigenvalue weighted by Crippen LogP contribution is -2.49. The van der Waals surface area contributed by atoms with Crippen LogP contribution >= 0.6 is 0 Å². The van der Waals surface area contributed by atoms with Crippen LogP contribution in [0.3, 0.4) is 0 Å². The van der Waals surface area contributed by atoms with Gasteiger partial charge in [0.15, 0.2) is 0 Å². The minimum Gasteiger partial charge on any atom is -0.445 e. The summed E-state index contributed by atoms with van der Waals surface area (Å²) in [6.45, 7) is 0.284. The highest BCUT2D eigenvalue weighted by atomic mass is 16.6. The van der Waals surface area contributed by atoms with E-state index in [0.29, 0.717) is 6.42 Å². The zero-order valence-corrected chi connectivity index (χ0v) is 16.5. The summed E-state index contributed by atoms with van der Waals surface area (Å²) < 4.78 is 10.5. The number of hydrogen-bond acceptors (Lipinski definition) is 4. The molecule has 0 aliphatic carbocycles. The number of carbonyl (C=O) groups is 2. The highest BCUT2D eigenvalue weighted by Crippen LogP contribution is 2.05. The molecule has 3 rings (SSSR count). The average molecular weight is 404 g/mol. The molecule has 3 aromatic carbocycles. The molecule has 2 N–H and O–H groups in total. The highest BCUT2D eigenvalue weighted by molar-refractivity contribution is 5.71. The van der Waals surface area contributed by atoms with Crippen LogP contribution in [0, 0.1) is 0 Å². The van der Waals surface area contributed by atoms with Gasteiger partial charge in [0.1, 0.15) is 19.4 Å². The molecule has 0 aliphatic heterocycles. The third-order valence-electron chi connectivity index (χ3n) is 4.29. The summed E-state index contributed by atoms with van der Waals surface area (Å²) >= 11 is 0. The van der Waals surface area contributed by atoms with Gasteiger partial charge < -0.3 is 20.1 Å². The fourth-order valence-electron chi connectivity index (χ4n) is 2.80. The second kappa shape index (κ2) is 11.3. The summed E-state index contributed by atoms with van der Waals surface area (Å²) in [5, 5.41) is 5.38. The molecule has 0 atom stereocenters. The minimum atomic E-state index is -0.682. The van der Waals surface area contributed by atoms with Crippen LogP contribution in [0.2, 0.25) is 0 Å². The minimum absolute atomic E-state index is 0.142. The van der Waals surface area contributed by atoms with Crippen LogP contribution < -0.4 is 10.6 Å². The Kier molecular flexibility index (Phi) is 7.85. The Morgan fingerprint density at radius 3 is 1.37 bits per heavy atom. The summed E-state index contributed by atoms with van der Waals surface area (Å²) in [4.78, 5) is 24.5. The zero-order chi connectivity index (χ0) is 21.0. The van der Waals surface area contributed by atoms with Crippen molar-refractivity contribution >= 4 is 12.2 Å². The molecule has 0 heterocycles. The summed E-state index contributed by atoms with van der Waals surface area (Å²) in [6.07, 6.45) is -1.54. The molecule has 2 amide bonds. The van der Waals surface area contributed by atoms with Gasteiger partial charge in [0.25, 0.3) is 0 Å².